The van der Waals surface area contributed by atoms with Crippen molar-refractivity contribution in [3.8, 4) is 11.5 Å². The maximum atomic E-state index is 12.6. The van der Waals surface area contributed by atoms with E-state index in [2.05, 4.69) is 0 Å². The Morgan fingerprint density at radius 2 is 2.00 bits per heavy atom. The number of aliphatic carboxylic acids is 1. The van der Waals surface area contributed by atoms with Crippen LogP contribution in [0.25, 0.3) is 6.08 Å². The molecule has 1 fully saturated rings. The van der Waals surface area contributed by atoms with Crippen LogP contribution >= 0.6 is 47.2 Å². The summed E-state index contributed by atoms with van der Waals surface area (Å²) in [6, 6.07) is 9.31. The number of carboxylic acids is 1. The highest BCUT2D eigenvalue weighted by molar-refractivity contribution is 8.26. The van der Waals surface area contributed by atoms with E-state index in [1.165, 1.54) is 14.0 Å². The number of thioether (sulfide) groups is 1. The van der Waals surface area contributed by atoms with E-state index in [-0.39, 0.29) is 10.9 Å². The fraction of sp³-hybridized carbons (Fsp3) is 0.190. The molecule has 3 rings (SSSR count). The number of methoxy groups -OCH3 is 1. The van der Waals surface area contributed by atoms with E-state index >= 15 is 0 Å². The second-order valence-electron chi connectivity index (χ2n) is 6.50. The normalized spacial score (nSPS) is 16.0. The van der Waals surface area contributed by atoms with Crippen molar-refractivity contribution in [1.29, 1.82) is 0 Å². The van der Waals surface area contributed by atoms with Crippen molar-refractivity contribution in [1.82, 2.24) is 4.90 Å². The lowest BCUT2D eigenvalue weighted by Gasteiger charge is -2.18. The number of benzene rings is 2. The fourth-order valence-electron chi connectivity index (χ4n) is 2.76. The van der Waals surface area contributed by atoms with Crippen molar-refractivity contribution < 1.29 is 24.2 Å². The van der Waals surface area contributed by atoms with Crippen LogP contribution in [0.5, 0.6) is 11.5 Å². The van der Waals surface area contributed by atoms with Gasteiger partial charge in [-0.15, -0.1) is 0 Å². The molecule has 0 unspecified atom stereocenters. The van der Waals surface area contributed by atoms with Crippen LogP contribution in [-0.2, 0) is 16.2 Å². The van der Waals surface area contributed by atoms with E-state index in [1.807, 2.05) is 0 Å². The molecule has 0 spiro atoms. The van der Waals surface area contributed by atoms with Crippen LogP contribution in [-0.4, -0.2) is 39.4 Å². The third-order valence-electron chi connectivity index (χ3n) is 4.45. The summed E-state index contributed by atoms with van der Waals surface area (Å²) in [4.78, 5) is 25.3. The zero-order valence-corrected chi connectivity index (χ0v) is 19.6. The summed E-state index contributed by atoms with van der Waals surface area (Å²) in [5.41, 5.74) is 1.45. The first-order chi connectivity index (χ1) is 14.7. The van der Waals surface area contributed by atoms with Gasteiger partial charge in [0.25, 0.3) is 5.91 Å². The molecule has 0 bridgehead atoms. The minimum atomic E-state index is -1.12. The number of halogens is 2. The van der Waals surface area contributed by atoms with Crippen LogP contribution in [0.1, 0.15) is 18.1 Å². The van der Waals surface area contributed by atoms with Crippen molar-refractivity contribution in [2.75, 3.05) is 7.11 Å². The summed E-state index contributed by atoms with van der Waals surface area (Å²) in [6.07, 6.45) is 1.64. The Bertz CT molecular complexity index is 1090. The van der Waals surface area contributed by atoms with E-state index in [4.69, 9.17) is 44.9 Å². The molecule has 2 aromatic rings. The van der Waals surface area contributed by atoms with Gasteiger partial charge in [-0.3, -0.25) is 9.69 Å². The fourth-order valence-corrected chi connectivity index (χ4v) is 4.64. The molecule has 6 nitrogen and oxygen atoms in total. The molecule has 1 aliphatic heterocycles. The molecule has 1 saturated heterocycles. The molecular formula is C21H17Cl2NO5S2. The smallest absolute Gasteiger partial charge is 0.326 e. The van der Waals surface area contributed by atoms with Gasteiger partial charge in [-0.25, -0.2) is 4.79 Å². The van der Waals surface area contributed by atoms with Gasteiger partial charge < -0.3 is 14.6 Å². The summed E-state index contributed by atoms with van der Waals surface area (Å²) >= 11 is 18.3. The highest BCUT2D eigenvalue weighted by atomic mass is 35.5. The predicted molar refractivity (Wildman–Crippen MR) is 126 cm³/mol. The van der Waals surface area contributed by atoms with Crippen LogP contribution in [0, 0.1) is 0 Å². The average molecular weight is 498 g/mol. The molecule has 1 N–H and O–H groups in total. The molecule has 0 radical (unpaired) electrons. The van der Waals surface area contributed by atoms with Gasteiger partial charge in [-0.2, -0.15) is 0 Å². The third-order valence-corrected chi connectivity index (χ3v) is 6.37. The van der Waals surface area contributed by atoms with E-state index in [0.717, 1.165) is 22.2 Å². The minimum absolute atomic E-state index is 0.206. The Kier molecular flexibility index (Phi) is 7.48. The molecule has 1 amide bonds. The summed E-state index contributed by atoms with van der Waals surface area (Å²) < 4.78 is 11.5. The number of hydrogen-bond donors (Lipinski definition) is 1. The van der Waals surface area contributed by atoms with Crippen molar-refractivity contribution in [3.63, 3.8) is 0 Å². The van der Waals surface area contributed by atoms with E-state index in [0.29, 0.717) is 32.0 Å². The average Bonchev–Trinajstić information content (AvgIpc) is 3.00. The molecule has 10 heteroatoms. The zero-order valence-electron chi connectivity index (χ0n) is 16.4. The topological polar surface area (TPSA) is 76.1 Å². The number of carbonyl (C=O) groups excluding carboxylic acids is 1. The Balaban J connectivity index is 1.79. The van der Waals surface area contributed by atoms with Crippen LogP contribution in [0.2, 0.25) is 10.0 Å². The number of amides is 1. The van der Waals surface area contributed by atoms with Gasteiger partial charge >= 0.3 is 5.97 Å². The van der Waals surface area contributed by atoms with Gasteiger partial charge in [0, 0.05) is 15.6 Å². The Hall–Kier alpha value is -2.26. The first kappa shape index (κ1) is 23.4. The van der Waals surface area contributed by atoms with Crippen molar-refractivity contribution >= 4 is 69.5 Å². The van der Waals surface area contributed by atoms with Crippen LogP contribution in [0.4, 0.5) is 0 Å². The molecular weight excluding hydrogens is 481 g/mol. The van der Waals surface area contributed by atoms with Crippen molar-refractivity contribution in [2.24, 2.45) is 0 Å². The van der Waals surface area contributed by atoms with Gasteiger partial charge in [0.15, 0.2) is 11.5 Å². The number of carboxylic acid groups (broad SMARTS) is 1. The molecule has 162 valence electrons. The van der Waals surface area contributed by atoms with Crippen molar-refractivity contribution in [3.05, 3.63) is 62.5 Å². The second-order valence-corrected chi connectivity index (χ2v) is 9.02. The number of hydrogen-bond acceptors (Lipinski definition) is 6. The number of ether oxygens (including phenoxy) is 2. The Morgan fingerprint density at radius 3 is 2.65 bits per heavy atom. The summed E-state index contributed by atoms with van der Waals surface area (Å²) in [7, 11) is 1.51. The number of rotatable bonds is 7. The molecule has 1 aliphatic rings. The SMILES string of the molecule is COc1cc(/C=C2\SC(=S)N([C@@H](C)C(=O)O)C2=O)ccc1OCc1ccc(Cl)cc1Cl. The number of thiocarbonyl (C=S) groups is 1. The number of carbonyl (C=O) groups is 2. The van der Waals surface area contributed by atoms with Gasteiger partial charge in [0.2, 0.25) is 0 Å². The molecule has 1 heterocycles. The Morgan fingerprint density at radius 1 is 1.26 bits per heavy atom. The first-order valence-corrected chi connectivity index (χ1v) is 10.9. The maximum Gasteiger partial charge on any atom is 0.326 e. The quantitative estimate of drug-likeness (QED) is 0.413. The maximum absolute atomic E-state index is 12.6. The number of nitrogens with zero attached hydrogens (tertiary/aromatic N) is 1. The highest BCUT2D eigenvalue weighted by Crippen LogP contribution is 2.36. The Labute approximate surface area is 198 Å². The highest BCUT2D eigenvalue weighted by Gasteiger charge is 2.38. The molecule has 31 heavy (non-hydrogen) atoms. The van der Waals surface area contributed by atoms with E-state index in [9.17, 15) is 14.7 Å². The van der Waals surface area contributed by atoms with Gasteiger partial charge in [-0.1, -0.05) is 59.3 Å². The van der Waals surface area contributed by atoms with Crippen LogP contribution in [0.3, 0.4) is 0 Å². The molecule has 0 saturated carbocycles. The van der Waals surface area contributed by atoms with E-state index < -0.39 is 17.9 Å². The lowest BCUT2D eigenvalue weighted by Crippen LogP contribution is -2.41. The lowest BCUT2D eigenvalue weighted by molar-refractivity contribution is -0.144. The summed E-state index contributed by atoms with van der Waals surface area (Å²) in [6.45, 7) is 1.63. The van der Waals surface area contributed by atoms with Crippen LogP contribution < -0.4 is 9.47 Å². The standard InChI is InChI=1S/C21H17Cl2NO5S2/c1-11(20(26)27)24-19(25)18(31-21(24)30)8-12-3-6-16(17(7-12)28-2)29-10-13-4-5-14(22)9-15(13)23/h3-9,11H,10H2,1-2H3,(H,26,27)/b18-8-/t11-/m0/s1. The van der Waals surface area contributed by atoms with Crippen molar-refractivity contribution in [2.45, 2.75) is 19.6 Å². The van der Waals surface area contributed by atoms with Gasteiger partial charge in [0.05, 0.1) is 12.0 Å². The molecule has 0 aliphatic carbocycles. The summed E-state index contributed by atoms with van der Waals surface area (Å²) in [5, 5.41) is 10.2. The minimum Gasteiger partial charge on any atom is -0.493 e. The van der Waals surface area contributed by atoms with Crippen LogP contribution in [0.15, 0.2) is 41.3 Å². The molecule has 0 aromatic heterocycles. The monoisotopic (exact) mass is 497 g/mol. The second kappa shape index (κ2) is 9.91. The summed E-state index contributed by atoms with van der Waals surface area (Å²) in [5.74, 6) is -0.603. The first-order valence-electron chi connectivity index (χ1n) is 8.96. The molecule has 1 atom stereocenters. The third kappa shape index (κ3) is 5.33. The zero-order chi connectivity index (χ0) is 22.7. The largest absolute Gasteiger partial charge is 0.493 e. The molecule has 2 aromatic carbocycles. The van der Waals surface area contributed by atoms with Gasteiger partial charge in [0.1, 0.15) is 17.0 Å². The van der Waals surface area contributed by atoms with Gasteiger partial charge in [-0.05, 0) is 42.8 Å². The lowest BCUT2D eigenvalue weighted by atomic mass is 10.1. The van der Waals surface area contributed by atoms with E-state index in [1.54, 1.807) is 42.5 Å². The predicted octanol–water partition coefficient (Wildman–Crippen LogP) is 5.26.